The first-order valence-electron chi connectivity index (χ1n) is 4.43. The van der Waals surface area contributed by atoms with Crippen LogP contribution < -0.4 is 4.74 Å². The molecule has 0 amide bonds. The molecule has 78 valence electrons. The summed E-state index contributed by atoms with van der Waals surface area (Å²) in [5.74, 6) is 0.746. The third kappa shape index (κ3) is 2.40. The number of H-pyrrole nitrogens is 1. The number of nitrogens with zero attached hydrogens (tertiary/aromatic N) is 2. The van der Waals surface area contributed by atoms with Gasteiger partial charge in [-0.1, -0.05) is 11.3 Å². The standard InChI is InChI=1S/C9H9N3OS2/c1-2-13-7-3-6(4-10-5-7)8-11-12-9(14)15-8/h3-5H,2H2,1H3,(H,12,14). The number of pyridine rings is 1. The Labute approximate surface area is 96.0 Å². The fourth-order valence-electron chi connectivity index (χ4n) is 1.13. The quantitative estimate of drug-likeness (QED) is 0.837. The van der Waals surface area contributed by atoms with Crippen molar-refractivity contribution in [3.63, 3.8) is 0 Å². The Hall–Kier alpha value is -1.27. The molecule has 0 saturated heterocycles. The second-order valence-electron chi connectivity index (χ2n) is 2.76. The first-order chi connectivity index (χ1) is 7.29. The molecule has 0 bridgehead atoms. The number of aromatic nitrogens is 3. The summed E-state index contributed by atoms with van der Waals surface area (Å²) in [7, 11) is 0. The van der Waals surface area contributed by atoms with Crippen molar-refractivity contribution in [3.8, 4) is 16.3 Å². The molecule has 0 unspecified atom stereocenters. The highest BCUT2D eigenvalue weighted by molar-refractivity contribution is 7.73. The van der Waals surface area contributed by atoms with Crippen molar-refractivity contribution in [2.45, 2.75) is 6.92 Å². The van der Waals surface area contributed by atoms with Crippen LogP contribution in [0, 0.1) is 3.95 Å². The van der Waals surface area contributed by atoms with Gasteiger partial charge in [-0.2, -0.15) is 5.10 Å². The minimum Gasteiger partial charge on any atom is -0.492 e. The lowest BCUT2D eigenvalue weighted by Crippen LogP contribution is -1.92. The number of hydrogen-bond donors (Lipinski definition) is 1. The van der Waals surface area contributed by atoms with E-state index in [0.717, 1.165) is 16.3 Å². The van der Waals surface area contributed by atoms with Crippen LogP contribution in [0.25, 0.3) is 10.6 Å². The van der Waals surface area contributed by atoms with Crippen LogP contribution in [0.1, 0.15) is 6.92 Å². The van der Waals surface area contributed by atoms with E-state index in [1.165, 1.54) is 11.3 Å². The van der Waals surface area contributed by atoms with Gasteiger partial charge in [0.2, 0.25) is 0 Å². The molecule has 2 heterocycles. The summed E-state index contributed by atoms with van der Waals surface area (Å²) in [5, 5.41) is 7.64. The third-order valence-corrected chi connectivity index (χ3v) is 2.85. The maximum absolute atomic E-state index is 5.35. The Balaban J connectivity index is 2.36. The van der Waals surface area contributed by atoms with E-state index in [1.54, 1.807) is 12.4 Å². The SMILES string of the molecule is CCOc1cncc(-c2n[nH]c(=S)s2)c1. The van der Waals surface area contributed by atoms with Gasteiger partial charge in [0, 0.05) is 11.8 Å². The van der Waals surface area contributed by atoms with Crippen LogP contribution >= 0.6 is 23.6 Å². The Morgan fingerprint density at radius 3 is 3.07 bits per heavy atom. The van der Waals surface area contributed by atoms with Gasteiger partial charge in [-0.05, 0) is 25.2 Å². The summed E-state index contributed by atoms with van der Waals surface area (Å²) in [6.45, 7) is 2.56. The first kappa shape index (κ1) is 10.3. The first-order valence-corrected chi connectivity index (χ1v) is 5.66. The van der Waals surface area contributed by atoms with E-state index in [9.17, 15) is 0 Å². The molecule has 0 aromatic carbocycles. The van der Waals surface area contributed by atoms with Gasteiger partial charge in [-0.15, -0.1) is 0 Å². The van der Waals surface area contributed by atoms with Gasteiger partial charge >= 0.3 is 0 Å². The summed E-state index contributed by atoms with van der Waals surface area (Å²) in [6, 6.07) is 1.90. The van der Waals surface area contributed by atoms with Crippen molar-refractivity contribution in [2.75, 3.05) is 6.61 Å². The highest BCUT2D eigenvalue weighted by atomic mass is 32.1. The smallest absolute Gasteiger partial charge is 0.176 e. The molecule has 4 nitrogen and oxygen atoms in total. The molecule has 0 fully saturated rings. The van der Waals surface area contributed by atoms with Crippen LogP contribution in [-0.2, 0) is 0 Å². The average Bonchev–Trinajstić information content (AvgIpc) is 2.66. The van der Waals surface area contributed by atoms with Crippen molar-refractivity contribution in [1.29, 1.82) is 0 Å². The summed E-state index contributed by atoms with van der Waals surface area (Å²) >= 11 is 6.39. The molecule has 0 aliphatic heterocycles. The van der Waals surface area contributed by atoms with Crippen molar-refractivity contribution in [1.82, 2.24) is 15.2 Å². The van der Waals surface area contributed by atoms with Crippen LogP contribution in [0.3, 0.4) is 0 Å². The predicted octanol–water partition coefficient (Wildman–Crippen LogP) is 2.66. The maximum Gasteiger partial charge on any atom is 0.176 e. The minimum absolute atomic E-state index is 0.626. The van der Waals surface area contributed by atoms with Crippen LogP contribution in [0.2, 0.25) is 0 Å². The molecule has 0 saturated carbocycles. The van der Waals surface area contributed by atoms with Crippen LogP contribution in [0.5, 0.6) is 5.75 Å². The molecule has 15 heavy (non-hydrogen) atoms. The van der Waals surface area contributed by atoms with Gasteiger partial charge in [0.05, 0.1) is 12.8 Å². The molecular weight excluding hydrogens is 230 g/mol. The lowest BCUT2D eigenvalue weighted by molar-refractivity contribution is 0.339. The van der Waals surface area contributed by atoms with Crippen molar-refractivity contribution >= 4 is 23.6 Å². The number of hydrogen-bond acceptors (Lipinski definition) is 5. The lowest BCUT2D eigenvalue weighted by atomic mass is 10.3. The number of nitrogens with one attached hydrogen (secondary N) is 1. The second-order valence-corrected chi connectivity index (χ2v) is 4.43. The van der Waals surface area contributed by atoms with E-state index in [1.807, 2.05) is 13.0 Å². The molecule has 2 rings (SSSR count). The van der Waals surface area contributed by atoms with E-state index < -0.39 is 0 Å². The van der Waals surface area contributed by atoms with Crippen LogP contribution in [0.4, 0.5) is 0 Å². The van der Waals surface area contributed by atoms with Gasteiger partial charge in [0.15, 0.2) is 3.95 Å². The molecule has 0 radical (unpaired) electrons. The molecule has 2 aromatic heterocycles. The third-order valence-electron chi connectivity index (χ3n) is 1.71. The molecule has 1 N–H and O–H groups in total. The normalized spacial score (nSPS) is 10.2. The van der Waals surface area contributed by atoms with Crippen molar-refractivity contribution in [3.05, 3.63) is 22.4 Å². The topological polar surface area (TPSA) is 50.8 Å². The largest absolute Gasteiger partial charge is 0.492 e. The number of aromatic amines is 1. The van der Waals surface area contributed by atoms with Gasteiger partial charge in [-0.25, -0.2) is 0 Å². The van der Waals surface area contributed by atoms with Gasteiger partial charge < -0.3 is 4.74 Å². The van der Waals surface area contributed by atoms with Crippen LogP contribution in [0.15, 0.2) is 18.5 Å². The van der Waals surface area contributed by atoms with Crippen LogP contribution in [-0.4, -0.2) is 21.8 Å². The fourth-order valence-corrected chi connectivity index (χ4v) is 2.00. The zero-order valence-electron chi connectivity index (χ0n) is 8.06. The zero-order valence-corrected chi connectivity index (χ0v) is 9.69. The van der Waals surface area contributed by atoms with E-state index in [0.29, 0.717) is 10.6 Å². The van der Waals surface area contributed by atoms with E-state index in [2.05, 4.69) is 15.2 Å². The molecule has 0 spiro atoms. The maximum atomic E-state index is 5.35. The predicted molar refractivity (Wildman–Crippen MR) is 61.7 cm³/mol. The van der Waals surface area contributed by atoms with Crippen molar-refractivity contribution < 1.29 is 4.74 Å². The van der Waals surface area contributed by atoms with E-state index in [4.69, 9.17) is 17.0 Å². The summed E-state index contributed by atoms with van der Waals surface area (Å²) in [4.78, 5) is 4.08. The lowest BCUT2D eigenvalue weighted by Gasteiger charge is -2.02. The summed E-state index contributed by atoms with van der Waals surface area (Å²) < 4.78 is 6.01. The van der Waals surface area contributed by atoms with E-state index in [-0.39, 0.29) is 0 Å². The van der Waals surface area contributed by atoms with Crippen molar-refractivity contribution in [2.24, 2.45) is 0 Å². The Morgan fingerprint density at radius 1 is 1.53 bits per heavy atom. The average molecular weight is 239 g/mol. The minimum atomic E-state index is 0.626. The Kier molecular flexibility index (Phi) is 3.08. The molecule has 0 aliphatic carbocycles. The molecule has 0 atom stereocenters. The van der Waals surface area contributed by atoms with Gasteiger partial charge in [-0.3, -0.25) is 10.1 Å². The molecule has 6 heteroatoms. The summed E-state index contributed by atoms with van der Waals surface area (Å²) in [6.07, 6.45) is 3.42. The molecule has 2 aromatic rings. The fraction of sp³-hybridized carbons (Fsp3) is 0.222. The zero-order chi connectivity index (χ0) is 10.7. The van der Waals surface area contributed by atoms with Gasteiger partial charge in [0.1, 0.15) is 10.8 Å². The Morgan fingerprint density at radius 2 is 2.40 bits per heavy atom. The number of rotatable bonds is 3. The number of ether oxygens (including phenoxy) is 1. The van der Waals surface area contributed by atoms with E-state index >= 15 is 0 Å². The molecule has 0 aliphatic rings. The Bertz CT molecular complexity index is 506. The molecular formula is C9H9N3OS2. The highest BCUT2D eigenvalue weighted by Gasteiger charge is 2.03. The highest BCUT2D eigenvalue weighted by Crippen LogP contribution is 2.24. The second kappa shape index (κ2) is 4.50. The summed E-state index contributed by atoms with van der Waals surface area (Å²) in [5.41, 5.74) is 0.915. The monoisotopic (exact) mass is 239 g/mol. The van der Waals surface area contributed by atoms with Gasteiger partial charge in [0.25, 0.3) is 0 Å².